The molecular weight excluding hydrogens is 388 g/mol. The summed E-state index contributed by atoms with van der Waals surface area (Å²) in [6.07, 6.45) is 3.98. The van der Waals surface area contributed by atoms with Gasteiger partial charge in [0.25, 0.3) is 11.7 Å². The Labute approximate surface area is 174 Å². The number of thiophene rings is 1. The van der Waals surface area contributed by atoms with Gasteiger partial charge in [0.05, 0.1) is 9.88 Å². The maximum absolute atomic E-state index is 12.8. The number of rotatable bonds is 3. The van der Waals surface area contributed by atoms with E-state index in [4.69, 9.17) is 9.47 Å². The van der Waals surface area contributed by atoms with Gasteiger partial charge in [-0.05, 0) is 43.5 Å². The van der Waals surface area contributed by atoms with Gasteiger partial charge in [0.1, 0.15) is 0 Å². The fraction of sp³-hybridized carbons (Fsp3) is 0.455. The molecule has 154 valence electrons. The van der Waals surface area contributed by atoms with Crippen LogP contribution in [0.1, 0.15) is 61.7 Å². The molecule has 2 aromatic rings. The molecule has 4 rings (SSSR count). The van der Waals surface area contributed by atoms with Gasteiger partial charge < -0.3 is 20.1 Å². The van der Waals surface area contributed by atoms with Crippen molar-refractivity contribution < 1.29 is 19.1 Å². The first-order valence-electron chi connectivity index (χ1n) is 9.91. The first-order valence-corrected chi connectivity index (χ1v) is 10.7. The third-order valence-corrected chi connectivity index (χ3v) is 6.35. The van der Waals surface area contributed by atoms with E-state index in [2.05, 4.69) is 10.6 Å². The van der Waals surface area contributed by atoms with Crippen LogP contribution >= 0.6 is 11.3 Å². The zero-order chi connectivity index (χ0) is 20.8. The Hall–Kier alpha value is -2.54. The van der Waals surface area contributed by atoms with Crippen LogP contribution in [0.25, 0.3) is 0 Å². The van der Waals surface area contributed by atoms with E-state index in [1.165, 1.54) is 11.3 Å². The number of anilines is 2. The van der Waals surface area contributed by atoms with Crippen LogP contribution in [0, 0.1) is 12.3 Å². The van der Waals surface area contributed by atoms with Crippen LogP contribution in [0.2, 0.25) is 0 Å². The summed E-state index contributed by atoms with van der Waals surface area (Å²) in [6.45, 7) is 7.42. The Bertz CT molecular complexity index is 968. The number of carbonyl (C=O) groups is 2. The SMILES string of the molecule is Cc1cc(NC(=O)C(C)(C)C)sc1C(=O)Nc1ccc2c(c1)OC1(CCCC1)O2. The zero-order valence-electron chi connectivity index (χ0n) is 17.2. The van der Waals surface area contributed by atoms with Crippen molar-refractivity contribution in [1.82, 2.24) is 0 Å². The van der Waals surface area contributed by atoms with E-state index in [0.717, 1.165) is 37.0 Å². The third-order valence-electron chi connectivity index (χ3n) is 5.20. The number of hydrogen-bond donors (Lipinski definition) is 2. The van der Waals surface area contributed by atoms with Crippen molar-refractivity contribution in [3.8, 4) is 11.5 Å². The summed E-state index contributed by atoms with van der Waals surface area (Å²) in [6, 6.07) is 7.30. The predicted octanol–water partition coefficient (Wildman–Crippen LogP) is 5.33. The highest BCUT2D eigenvalue weighted by Crippen LogP contribution is 2.47. The normalized spacial score (nSPS) is 16.8. The quantitative estimate of drug-likeness (QED) is 0.711. The molecule has 0 radical (unpaired) electrons. The zero-order valence-corrected chi connectivity index (χ0v) is 18.0. The largest absolute Gasteiger partial charge is 0.448 e. The molecule has 1 aromatic heterocycles. The summed E-state index contributed by atoms with van der Waals surface area (Å²) in [7, 11) is 0. The molecule has 29 heavy (non-hydrogen) atoms. The summed E-state index contributed by atoms with van der Waals surface area (Å²) >= 11 is 1.27. The fourth-order valence-corrected chi connectivity index (χ4v) is 4.51. The topological polar surface area (TPSA) is 76.7 Å². The number of carbonyl (C=O) groups excluding carboxylic acids is 2. The van der Waals surface area contributed by atoms with Gasteiger partial charge in [-0.15, -0.1) is 11.3 Å². The molecule has 7 heteroatoms. The summed E-state index contributed by atoms with van der Waals surface area (Å²) in [5.74, 6) is 0.589. The third kappa shape index (κ3) is 3.96. The summed E-state index contributed by atoms with van der Waals surface area (Å²) in [5, 5.41) is 6.48. The molecule has 0 atom stereocenters. The molecule has 0 saturated heterocycles. The highest BCUT2D eigenvalue weighted by molar-refractivity contribution is 7.18. The van der Waals surface area contributed by atoms with Crippen LogP contribution in [0.3, 0.4) is 0 Å². The van der Waals surface area contributed by atoms with Crippen molar-refractivity contribution in [3.63, 3.8) is 0 Å². The highest BCUT2D eigenvalue weighted by atomic mass is 32.1. The van der Waals surface area contributed by atoms with Crippen LogP contribution in [0.15, 0.2) is 24.3 Å². The fourth-order valence-electron chi connectivity index (χ4n) is 3.55. The Morgan fingerprint density at radius 1 is 1.03 bits per heavy atom. The van der Waals surface area contributed by atoms with E-state index in [1.54, 1.807) is 0 Å². The molecule has 1 spiro atoms. The predicted molar refractivity (Wildman–Crippen MR) is 114 cm³/mol. The Morgan fingerprint density at radius 2 is 1.72 bits per heavy atom. The van der Waals surface area contributed by atoms with E-state index in [9.17, 15) is 9.59 Å². The lowest BCUT2D eigenvalue weighted by Gasteiger charge is -2.21. The second kappa shape index (κ2) is 7.06. The molecule has 6 nitrogen and oxygen atoms in total. The number of fused-ring (bicyclic) bond motifs is 1. The number of benzene rings is 1. The number of hydrogen-bond acceptors (Lipinski definition) is 5. The van der Waals surface area contributed by atoms with E-state index >= 15 is 0 Å². The van der Waals surface area contributed by atoms with Gasteiger partial charge in [0, 0.05) is 30.0 Å². The minimum atomic E-state index is -0.518. The van der Waals surface area contributed by atoms with E-state index < -0.39 is 11.2 Å². The van der Waals surface area contributed by atoms with Crippen molar-refractivity contribution in [2.24, 2.45) is 5.41 Å². The van der Waals surface area contributed by atoms with E-state index in [-0.39, 0.29) is 11.8 Å². The summed E-state index contributed by atoms with van der Waals surface area (Å²) in [5.41, 5.74) is 0.978. The second-order valence-electron chi connectivity index (χ2n) is 8.76. The molecule has 1 saturated carbocycles. The molecule has 1 fully saturated rings. The van der Waals surface area contributed by atoms with Gasteiger partial charge >= 0.3 is 0 Å². The first-order chi connectivity index (χ1) is 13.7. The molecule has 2 aliphatic rings. The molecule has 1 aromatic carbocycles. The Kier molecular flexibility index (Phi) is 4.81. The van der Waals surface area contributed by atoms with Gasteiger partial charge in [0.2, 0.25) is 5.91 Å². The van der Waals surface area contributed by atoms with Crippen molar-refractivity contribution >= 4 is 33.8 Å². The van der Waals surface area contributed by atoms with Gasteiger partial charge in [-0.3, -0.25) is 9.59 Å². The lowest BCUT2D eigenvalue weighted by atomic mass is 9.96. The van der Waals surface area contributed by atoms with E-state index in [1.807, 2.05) is 52.0 Å². The molecule has 1 aliphatic heterocycles. The molecule has 0 bridgehead atoms. The molecule has 2 N–H and O–H groups in total. The molecule has 2 heterocycles. The van der Waals surface area contributed by atoms with Crippen LogP contribution in [-0.4, -0.2) is 17.6 Å². The van der Waals surface area contributed by atoms with E-state index in [0.29, 0.717) is 21.3 Å². The second-order valence-corrected chi connectivity index (χ2v) is 9.82. The Morgan fingerprint density at radius 3 is 2.41 bits per heavy atom. The van der Waals surface area contributed by atoms with Crippen molar-refractivity contribution in [2.75, 3.05) is 10.6 Å². The molecule has 2 amide bonds. The van der Waals surface area contributed by atoms with Crippen LogP contribution in [0.4, 0.5) is 10.7 Å². The number of nitrogens with one attached hydrogen (secondary N) is 2. The smallest absolute Gasteiger partial charge is 0.266 e. The summed E-state index contributed by atoms with van der Waals surface area (Å²) < 4.78 is 12.1. The number of amides is 2. The monoisotopic (exact) mass is 414 g/mol. The highest BCUT2D eigenvalue weighted by Gasteiger charge is 2.44. The van der Waals surface area contributed by atoms with Crippen molar-refractivity contribution in [3.05, 3.63) is 34.7 Å². The van der Waals surface area contributed by atoms with Crippen LogP contribution in [0.5, 0.6) is 11.5 Å². The minimum Gasteiger partial charge on any atom is -0.448 e. The standard InChI is InChI=1S/C22H26N2O4S/c1-13-11-17(24-20(26)21(2,3)4)29-18(13)19(25)23-14-7-8-15-16(12-14)28-22(27-15)9-5-6-10-22/h7-8,11-12H,5-6,9-10H2,1-4H3,(H,23,25)(H,24,26). The molecule has 0 unspecified atom stereocenters. The van der Waals surface area contributed by atoms with Gasteiger partial charge in [0.15, 0.2) is 11.5 Å². The van der Waals surface area contributed by atoms with Crippen molar-refractivity contribution in [2.45, 2.75) is 59.2 Å². The lowest BCUT2D eigenvalue weighted by Crippen LogP contribution is -2.34. The average molecular weight is 415 g/mol. The molecular formula is C22H26N2O4S. The summed E-state index contributed by atoms with van der Waals surface area (Å²) in [4.78, 5) is 25.6. The maximum atomic E-state index is 12.8. The van der Waals surface area contributed by atoms with Crippen molar-refractivity contribution in [1.29, 1.82) is 0 Å². The number of aryl methyl sites for hydroxylation is 1. The molecule has 1 aliphatic carbocycles. The lowest BCUT2D eigenvalue weighted by molar-refractivity contribution is -0.123. The van der Waals surface area contributed by atoms with Gasteiger partial charge in [-0.1, -0.05) is 20.8 Å². The van der Waals surface area contributed by atoms with Gasteiger partial charge in [-0.2, -0.15) is 0 Å². The van der Waals surface area contributed by atoms with Gasteiger partial charge in [-0.25, -0.2) is 0 Å². The minimum absolute atomic E-state index is 0.0812. The number of ether oxygens (including phenoxy) is 2. The van der Waals surface area contributed by atoms with Crippen LogP contribution < -0.4 is 20.1 Å². The Balaban J connectivity index is 1.46. The van der Waals surface area contributed by atoms with Crippen LogP contribution in [-0.2, 0) is 4.79 Å². The maximum Gasteiger partial charge on any atom is 0.266 e. The average Bonchev–Trinajstić information content (AvgIpc) is 3.33. The first kappa shape index (κ1) is 19.8.